The Morgan fingerprint density at radius 2 is 1.82 bits per heavy atom. The van der Waals surface area contributed by atoms with Gasteiger partial charge in [0.05, 0.1) is 14.2 Å². The van der Waals surface area contributed by atoms with Crippen LogP contribution in [0.25, 0.3) is 0 Å². The molecule has 176 valence electrons. The van der Waals surface area contributed by atoms with Crippen molar-refractivity contribution < 1.29 is 23.9 Å². The molecule has 0 unspecified atom stereocenters. The maximum Gasteiger partial charge on any atom is 0.240 e. The summed E-state index contributed by atoms with van der Waals surface area (Å²) in [6.45, 7) is 0. The van der Waals surface area contributed by atoms with Crippen LogP contribution in [-0.4, -0.2) is 43.5 Å². The molecule has 0 saturated carbocycles. The zero-order valence-electron chi connectivity index (χ0n) is 19.1. The van der Waals surface area contributed by atoms with Gasteiger partial charge in [-0.2, -0.15) is 0 Å². The van der Waals surface area contributed by atoms with E-state index in [1.165, 1.54) is 0 Å². The van der Waals surface area contributed by atoms with Crippen molar-refractivity contribution in [3.8, 4) is 11.5 Å². The fourth-order valence-corrected chi connectivity index (χ4v) is 4.26. The summed E-state index contributed by atoms with van der Waals surface area (Å²) >= 11 is 0. The highest BCUT2D eigenvalue weighted by atomic mass is 16.5. The van der Waals surface area contributed by atoms with Crippen molar-refractivity contribution in [2.75, 3.05) is 14.2 Å². The van der Waals surface area contributed by atoms with E-state index in [1.807, 2.05) is 48.5 Å². The number of primary amides is 1. The summed E-state index contributed by atoms with van der Waals surface area (Å²) in [6, 6.07) is 14.2. The third kappa shape index (κ3) is 6.47. The molecular weight excluding hydrogens is 422 g/mol. The molecule has 33 heavy (non-hydrogen) atoms. The molecule has 1 saturated heterocycles. The lowest BCUT2D eigenvalue weighted by molar-refractivity contribution is -0.127. The Bertz CT molecular complexity index is 995. The molecule has 3 amide bonds. The SMILES string of the molecule is COc1ccc(C[C@@]2(CCC(=O)N[C@@H](Cc3ccccc3)C(N)=O)CCC(=O)N2)cc1OC. The van der Waals surface area contributed by atoms with Crippen LogP contribution in [0, 0.1) is 0 Å². The van der Waals surface area contributed by atoms with Crippen LogP contribution in [0.4, 0.5) is 0 Å². The first kappa shape index (κ1) is 24.1. The average molecular weight is 454 g/mol. The molecule has 0 radical (unpaired) electrons. The number of amides is 3. The number of benzene rings is 2. The molecule has 0 spiro atoms. The number of hydrogen-bond donors (Lipinski definition) is 3. The van der Waals surface area contributed by atoms with Gasteiger partial charge < -0.3 is 25.8 Å². The van der Waals surface area contributed by atoms with E-state index in [1.54, 1.807) is 14.2 Å². The normalized spacial score (nSPS) is 18.3. The van der Waals surface area contributed by atoms with Crippen molar-refractivity contribution in [2.24, 2.45) is 5.73 Å². The molecule has 1 aliphatic rings. The largest absolute Gasteiger partial charge is 0.493 e. The Morgan fingerprint density at radius 1 is 1.09 bits per heavy atom. The van der Waals surface area contributed by atoms with Crippen LogP contribution in [0.5, 0.6) is 11.5 Å². The van der Waals surface area contributed by atoms with Crippen molar-refractivity contribution in [3.63, 3.8) is 0 Å². The van der Waals surface area contributed by atoms with E-state index in [4.69, 9.17) is 15.2 Å². The third-order valence-electron chi connectivity index (χ3n) is 6.02. The number of hydrogen-bond acceptors (Lipinski definition) is 5. The van der Waals surface area contributed by atoms with E-state index in [-0.39, 0.29) is 18.2 Å². The highest BCUT2D eigenvalue weighted by Gasteiger charge is 2.38. The Hall–Kier alpha value is -3.55. The summed E-state index contributed by atoms with van der Waals surface area (Å²) in [4.78, 5) is 36.7. The second-order valence-corrected chi connectivity index (χ2v) is 8.41. The molecule has 1 aliphatic heterocycles. The van der Waals surface area contributed by atoms with E-state index >= 15 is 0 Å². The van der Waals surface area contributed by atoms with E-state index in [2.05, 4.69) is 10.6 Å². The number of nitrogens with one attached hydrogen (secondary N) is 2. The van der Waals surface area contributed by atoms with Gasteiger partial charge in [-0.05, 0) is 42.5 Å². The van der Waals surface area contributed by atoms with Gasteiger partial charge in [-0.15, -0.1) is 0 Å². The lowest BCUT2D eigenvalue weighted by atomic mass is 9.84. The van der Waals surface area contributed by atoms with E-state index in [9.17, 15) is 14.4 Å². The zero-order valence-corrected chi connectivity index (χ0v) is 19.1. The van der Waals surface area contributed by atoms with Gasteiger partial charge in [-0.25, -0.2) is 0 Å². The van der Waals surface area contributed by atoms with Crippen LogP contribution in [0.3, 0.4) is 0 Å². The van der Waals surface area contributed by atoms with Gasteiger partial charge in [-0.1, -0.05) is 36.4 Å². The summed E-state index contributed by atoms with van der Waals surface area (Å²) in [6.07, 6.45) is 2.51. The van der Waals surface area contributed by atoms with Crippen molar-refractivity contribution in [2.45, 2.75) is 50.1 Å². The molecule has 1 heterocycles. The predicted octanol–water partition coefficient (Wildman–Crippen LogP) is 1.89. The van der Waals surface area contributed by atoms with Crippen LogP contribution in [0.1, 0.15) is 36.8 Å². The highest BCUT2D eigenvalue weighted by molar-refractivity contribution is 5.87. The predicted molar refractivity (Wildman–Crippen MR) is 124 cm³/mol. The molecule has 1 fully saturated rings. The maximum atomic E-state index is 12.7. The van der Waals surface area contributed by atoms with Crippen molar-refractivity contribution in [3.05, 3.63) is 59.7 Å². The molecule has 4 N–H and O–H groups in total. The summed E-state index contributed by atoms with van der Waals surface area (Å²) in [5.41, 5.74) is 6.85. The van der Waals surface area contributed by atoms with Gasteiger partial charge in [0.15, 0.2) is 11.5 Å². The fraction of sp³-hybridized carbons (Fsp3) is 0.400. The molecule has 2 aromatic carbocycles. The smallest absolute Gasteiger partial charge is 0.240 e. The summed E-state index contributed by atoms with van der Waals surface area (Å²) in [5, 5.41) is 5.82. The third-order valence-corrected chi connectivity index (χ3v) is 6.02. The molecule has 0 bridgehead atoms. The summed E-state index contributed by atoms with van der Waals surface area (Å²) in [5.74, 6) is 0.345. The van der Waals surface area contributed by atoms with Crippen molar-refractivity contribution in [1.29, 1.82) is 0 Å². The van der Waals surface area contributed by atoms with E-state index < -0.39 is 17.5 Å². The first-order valence-corrected chi connectivity index (χ1v) is 11.0. The lowest BCUT2D eigenvalue weighted by Crippen LogP contribution is -2.48. The minimum Gasteiger partial charge on any atom is -0.493 e. The van der Waals surface area contributed by atoms with Crippen molar-refractivity contribution >= 4 is 17.7 Å². The second-order valence-electron chi connectivity index (χ2n) is 8.41. The summed E-state index contributed by atoms with van der Waals surface area (Å²) < 4.78 is 10.7. The van der Waals surface area contributed by atoms with E-state index in [0.717, 1.165) is 11.1 Å². The van der Waals surface area contributed by atoms with Gasteiger partial charge in [0.2, 0.25) is 17.7 Å². The fourth-order valence-electron chi connectivity index (χ4n) is 4.26. The first-order valence-electron chi connectivity index (χ1n) is 11.0. The van der Waals surface area contributed by atoms with Gasteiger partial charge in [-0.3, -0.25) is 14.4 Å². The highest BCUT2D eigenvalue weighted by Crippen LogP contribution is 2.33. The topological polar surface area (TPSA) is 120 Å². The minimum atomic E-state index is -0.792. The number of methoxy groups -OCH3 is 2. The van der Waals surface area contributed by atoms with E-state index in [0.29, 0.717) is 43.6 Å². The Labute approximate surface area is 193 Å². The average Bonchev–Trinajstić information content (AvgIpc) is 3.18. The summed E-state index contributed by atoms with van der Waals surface area (Å²) in [7, 11) is 3.15. The first-order chi connectivity index (χ1) is 15.8. The van der Waals surface area contributed by atoms with Crippen LogP contribution in [0.2, 0.25) is 0 Å². The van der Waals surface area contributed by atoms with Crippen molar-refractivity contribution in [1.82, 2.24) is 10.6 Å². The minimum absolute atomic E-state index is 0.0324. The number of carbonyl (C=O) groups is 3. The Morgan fingerprint density at radius 3 is 2.42 bits per heavy atom. The van der Waals surface area contributed by atoms with Gasteiger partial charge >= 0.3 is 0 Å². The molecule has 3 rings (SSSR count). The van der Waals surface area contributed by atoms with Gasteiger partial charge in [0.25, 0.3) is 0 Å². The van der Waals surface area contributed by atoms with Crippen LogP contribution in [-0.2, 0) is 27.2 Å². The lowest BCUT2D eigenvalue weighted by Gasteiger charge is -2.30. The molecule has 8 heteroatoms. The maximum absolute atomic E-state index is 12.7. The molecule has 2 aromatic rings. The quantitative estimate of drug-likeness (QED) is 0.480. The number of rotatable bonds is 11. The second kappa shape index (κ2) is 10.8. The van der Waals surface area contributed by atoms with Crippen LogP contribution < -0.4 is 25.8 Å². The van der Waals surface area contributed by atoms with Crippen LogP contribution in [0.15, 0.2) is 48.5 Å². The monoisotopic (exact) mass is 453 g/mol. The molecular formula is C25H31N3O5. The number of nitrogens with two attached hydrogens (primary N) is 1. The standard InChI is InChI=1S/C25H31N3O5/c1-32-20-9-8-18(15-21(20)33-2)16-25(13-11-23(30)28-25)12-10-22(29)27-19(24(26)31)14-17-6-4-3-5-7-17/h3-9,15,19H,10-14,16H2,1-2H3,(H2,26,31)(H,27,29)(H,28,30)/t19-,25+/m0/s1. The molecule has 0 aliphatic carbocycles. The van der Waals surface area contributed by atoms with Gasteiger partial charge in [0.1, 0.15) is 6.04 Å². The number of carbonyl (C=O) groups excluding carboxylic acids is 3. The van der Waals surface area contributed by atoms with Gasteiger partial charge in [0, 0.05) is 24.8 Å². The Balaban J connectivity index is 1.66. The zero-order chi connectivity index (χ0) is 23.8. The molecule has 8 nitrogen and oxygen atoms in total. The number of ether oxygens (including phenoxy) is 2. The Kier molecular flexibility index (Phi) is 7.92. The van der Waals surface area contributed by atoms with Crippen LogP contribution >= 0.6 is 0 Å². The molecule has 0 aromatic heterocycles. The molecule has 2 atom stereocenters.